The minimum absolute atomic E-state index is 0.446. The first-order chi connectivity index (χ1) is 13.5. The second-order valence-electron chi connectivity index (χ2n) is 6.32. The number of rotatable bonds is 5. The number of hydrogen-bond donors (Lipinski definition) is 2. The van der Waals surface area contributed by atoms with Crippen molar-refractivity contribution in [2.75, 3.05) is 17.7 Å². The van der Waals surface area contributed by atoms with E-state index in [0.29, 0.717) is 29.5 Å². The second kappa shape index (κ2) is 8.24. The molecule has 0 atom stereocenters. The average molecular weight is 397 g/mol. The van der Waals surface area contributed by atoms with Crippen LogP contribution in [0.15, 0.2) is 30.3 Å². The summed E-state index contributed by atoms with van der Waals surface area (Å²) in [6, 6.07) is 9.40. The summed E-state index contributed by atoms with van der Waals surface area (Å²) < 4.78 is 6.57. The van der Waals surface area contributed by atoms with Gasteiger partial charge in [-0.05, 0) is 43.2 Å². The van der Waals surface area contributed by atoms with Gasteiger partial charge < -0.3 is 10.1 Å². The first-order valence-electron chi connectivity index (χ1n) is 8.73. The number of terminal acetylenes is 1. The van der Waals surface area contributed by atoms with E-state index in [9.17, 15) is 4.79 Å². The Hall–Kier alpha value is -3.17. The van der Waals surface area contributed by atoms with Crippen molar-refractivity contribution in [3.63, 3.8) is 0 Å². The molecule has 28 heavy (non-hydrogen) atoms. The van der Waals surface area contributed by atoms with Crippen molar-refractivity contribution in [1.82, 2.24) is 9.38 Å². The predicted octanol–water partition coefficient (Wildman–Crippen LogP) is 4.57. The van der Waals surface area contributed by atoms with Gasteiger partial charge in [0.15, 0.2) is 5.65 Å². The highest BCUT2D eigenvalue weighted by molar-refractivity contribution is 6.30. The Kier molecular flexibility index (Phi) is 5.76. The van der Waals surface area contributed by atoms with Crippen molar-refractivity contribution >= 4 is 34.7 Å². The maximum absolute atomic E-state index is 11.6. The van der Waals surface area contributed by atoms with E-state index in [1.54, 1.807) is 0 Å². The van der Waals surface area contributed by atoms with Crippen molar-refractivity contribution in [2.24, 2.45) is 0 Å². The quantitative estimate of drug-likeness (QED) is 0.489. The molecule has 0 radical (unpaired) electrons. The molecule has 1 aromatic carbocycles. The summed E-state index contributed by atoms with van der Waals surface area (Å²) in [6.45, 7) is 4.39. The van der Waals surface area contributed by atoms with E-state index < -0.39 is 6.09 Å². The number of anilines is 2. The first kappa shape index (κ1) is 19.6. The fourth-order valence-corrected chi connectivity index (χ4v) is 3.36. The molecule has 0 unspecified atom stereocenters. The van der Waals surface area contributed by atoms with Crippen LogP contribution in [-0.2, 0) is 17.7 Å². The zero-order chi connectivity index (χ0) is 20.3. The highest BCUT2D eigenvalue weighted by atomic mass is 35.5. The molecule has 3 aromatic rings. The monoisotopic (exact) mass is 396 g/mol. The topological polar surface area (TPSA) is 67.7 Å². The van der Waals surface area contributed by atoms with Gasteiger partial charge >= 0.3 is 6.09 Å². The lowest BCUT2D eigenvalue weighted by Gasteiger charge is -2.15. The van der Waals surface area contributed by atoms with Crippen molar-refractivity contribution < 1.29 is 9.53 Å². The van der Waals surface area contributed by atoms with Crippen LogP contribution in [0.5, 0.6) is 0 Å². The molecule has 2 N–H and O–H groups in total. The second-order valence-corrected chi connectivity index (χ2v) is 6.71. The number of amides is 1. The smallest absolute Gasteiger partial charge is 0.411 e. The lowest BCUT2D eigenvalue weighted by Crippen LogP contribution is -2.14. The Morgan fingerprint density at radius 3 is 2.79 bits per heavy atom. The lowest BCUT2D eigenvalue weighted by molar-refractivity contribution is 0.187. The summed E-state index contributed by atoms with van der Waals surface area (Å²) in [5.74, 6) is 2.65. The number of halogens is 1. The highest BCUT2D eigenvalue weighted by Gasteiger charge is 2.15. The highest BCUT2D eigenvalue weighted by Crippen LogP contribution is 2.27. The number of fused-ring (bicyclic) bond motifs is 1. The third-order valence-electron chi connectivity index (χ3n) is 4.57. The summed E-state index contributed by atoms with van der Waals surface area (Å²) in [6.07, 6.45) is 5.43. The van der Waals surface area contributed by atoms with E-state index in [0.717, 1.165) is 28.2 Å². The molecule has 144 valence electrons. The van der Waals surface area contributed by atoms with Crippen molar-refractivity contribution in [3.8, 4) is 12.3 Å². The number of imidazole rings is 1. The van der Waals surface area contributed by atoms with Gasteiger partial charge in [0, 0.05) is 12.2 Å². The van der Waals surface area contributed by atoms with Crippen LogP contribution in [0.1, 0.15) is 22.5 Å². The number of benzene rings is 1. The zero-order valence-corrected chi connectivity index (χ0v) is 16.7. The summed E-state index contributed by atoms with van der Waals surface area (Å²) >= 11 is 6.39. The van der Waals surface area contributed by atoms with Gasteiger partial charge in [0.05, 0.1) is 30.6 Å². The molecule has 0 aliphatic carbocycles. The number of nitrogens with zero attached hydrogens (tertiary/aromatic N) is 2. The molecule has 0 fully saturated rings. The molecule has 0 aliphatic heterocycles. The van der Waals surface area contributed by atoms with Gasteiger partial charge in [-0.2, -0.15) is 0 Å². The van der Waals surface area contributed by atoms with Gasteiger partial charge in [0.25, 0.3) is 0 Å². The maximum Gasteiger partial charge on any atom is 0.411 e. The third kappa shape index (κ3) is 3.75. The van der Waals surface area contributed by atoms with E-state index in [1.807, 2.05) is 48.6 Å². The molecular formula is C21H21ClN4O2. The molecule has 1 amide bonds. The molecule has 3 rings (SSSR count). The summed E-state index contributed by atoms with van der Waals surface area (Å²) in [7, 11) is 1.34. The van der Waals surface area contributed by atoms with Crippen LogP contribution in [0.2, 0.25) is 5.15 Å². The third-order valence-corrected chi connectivity index (χ3v) is 4.87. The Labute approximate surface area is 168 Å². The number of ether oxygens (including phenoxy) is 1. The molecule has 2 aromatic heterocycles. The SMILES string of the molecule is C#CCc1c(C)nc2c(NCc3c(C)cccc3NC(=O)OC)ccc(Cl)n12. The van der Waals surface area contributed by atoms with Crippen LogP contribution in [0.3, 0.4) is 0 Å². The lowest BCUT2D eigenvalue weighted by atomic mass is 10.1. The summed E-state index contributed by atoms with van der Waals surface area (Å²) in [5, 5.41) is 6.70. The average Bonchev–Trinajstić information content (AvgIpc) is 3.00. The predicted molar refractivity (Wildman–Crippen MR) is 112 cm³/mol. The van der Waals surface area contributed by atoms with Crippen LogP contribution in [0, 0.1) is 26.2 Å². The minimum atomic E-state index is -0.511. The Morgan fingerprint density at radius 2 is 2.07 bits per heavy atom. The van der Waals surface area contributed by atoms with E-state index >= 15 is 0 Å². The number of pyridine rings is 1. The molecule has 7 heteroatoms. The van der Waals surface area contributed by atoms with Crippen molar-refractivity contribution in [1.29, 1.82) is 0 Å². The van der Waals surface area contributed by atoms with Crippen LogP contribution < -0.4 is 10.6 Å². The molecule has 0 saturated carbocycles. The molecule has 0 aliphatic rings. The Bertz CT molecular complexity index is 1080. The summed E-state index contributed by atoms with van der Waals surface area (Å²) in [4.78, 5) is 16.3. The molecular weight excluding hydrogens is 376 g/mol. The number of methoxy groups -OCH3 is 1. The fourth-order valence-electron chi connectivity index (χ4n) is 3.12. The number of nitrogens with one attached hydrogen (secondary N) is 2. The standard InChI is InChI=1S/C21H21ClN4O2/c1-5-7-18-14(3)24-20-17(10-11-19(22)26(18)20)23-12-15-13(2)8-6-9-16(15)25-21(27)28-4/h1,6,8-11,23H,7,12H2,2-4H3,(H,25,27). The number of carbonyl (C=O) groups excluding carboxylic acids is 1. The number of hydrogen-bond acceptors (Lipinski definition) is 4. The van der Waals surface area contributed by atoms with Gasteiger partial charge in [-0.1, -0.05) is 23.7 Å². The van der Waals surface area contributed by atoms with Crippen LogP contribution in [0.25, 0.3) is 5.65 Å². The molecule has 2 heterocycles. The number of aryl methyl sites for hydroxylation is 2. The van der Waals surface area contributed by atoms with Gasteiger partial charge in [-0.3, -0.25) is 9.72 Å². The zero-order valence-electron chi connectivity index (χ0n) is 16.0. The normalized spacial score (nSPS) is 10.5. The van der Waals surface area contributed by atoms with Crippen molar-refractivity contribution in [3.05, 3.63) is 58.0 Å². The number of aromatic nitrogens is 2. The van der Waals surface area contributed by atoms with Gasteiger partial charge in [0.2, 0.25) is 0 Å². The minimum Gasteiger partial charge on any atom is -0.453 e. The first-order valence-corrected chi connectivity index (χ1v) is 9.11. The number of carbonyl (C=O) groups is 1. The van der Waals surface area contributed by atoms with Crippen LogP contribution in [-0.4, -0.2) is 22.6 Å². The molecule has 0 saturated heterocycles. The van der Waals surface area contributed by atoms with E-state index in [2.05, 4.69) is 21.5 Å². The van der Waals surface area contributed by atoms with Crippen LogP contribution >= 0.6 is 11.6 Å². The Balaban J connectivity index is 1.95. The van der Waals surface area contributed by atoms with Gasteiger partial charge in [0.1, 0.15) is 5.15 Å². The molecule has 0 bridgehead atoms. The summed E-state index contributed by atoms with van der Waals surface area (Å²) in [5.41, 5.74) is 5.96. The van der Waals surface area contributed by atoms with Gasteiger partial charge in [-0.15, -0.1) is 12.3 Å². The largest absolute Gasteiger partial charge is 0.453 e. The van der Waals surface area contributed by atoms with E-state index in [4.69, 9.17) is 22.8 Å². The fraction of sp³-hybridized carbons (Fsp3) is 0.238. The van der Waals surface area contributed by atoms with Crippen LogP contribution in [0.4, 0.5) is 16.2 Å². The Morgan fingerprint density at radius 1 is 1.29 bits per heavy atom. The van der Waals surface area contributed by atoms with E-state index in [1.165, 1.54) is 7.11 Å². The van der Waals surface area contributed by atoms with Gasteiger partial charge in [-0.25, -0.2) is 9.78 Å². The molecule has 6 nitrogen and oxygen atoms in total. The van der Waals surface area contributed by atoms with E-state index in [-0.39, 0.29) is 0 Å². The molecule has 0 spiro atoms. The maximum atomic E-state index is 11.6. The van der Waals surface area contributed by atoms with Crippen molar-refractivity contribution in [2.45, 2.75) is 26.8 Å².